The minimum atomic E-state index is 0.122. The first-order valence-corrected chi connectivity index (χ1v) is 8.74. The molecule has 0 N–H and O–H groups in total. The second-order valence-electron chi connectivity index (χ2n) is 7.95. The Balaban J connectivity index is 1.76. The second kappa shape index (κ2) is 4.44. The summed E-state index contributed by atoms with van der Waals surface area (Å²) in [6.07, 6.45) is 7.78. The lowest BCUT2D eigenvalue weighted by atomic mass is 9.43. The van der Waals surface area contributed by atoms with Gasteiger partial charge in [-0.3, -0.25) is 0 Å². The maximum absolute atomic E-state index is 12.0. The van der Waals surface area contributed by atoms with Crippen molar-refractivity contribution in [3.8, 4) is 0 Å². The Morgan fingerprint density at radius 1 is 0.909 bits per heavy atom. The maximum atomic E-state index is 12.0. The smallest absolute Gasteiger partial charge is 0.124 e. The summed E-state index contributed by atoms with van der Waals surface area (Å²) in [6, 6.07) is 15.4. The van der Waals surface area contributed by atoms with E-state index in [0.29, 0.717) is 5.92 Å². The van der Waals surface area contributed by atoms with Gasteiger partial charge in [0, 0.05) is 11.3 Å². The van der Waals surface area contributed by atoms with E-state index in [1.807, 2.05) is 0 Å². The van der Waals surface area contributed by atoms with Crippen molar-refractivity contribution in [2.24, 2.45) is 23.7 Å². The minimum Gasteiger partial charge on any atom is -0.303 e. The Labute approximate surface area is 131 Å². The Morgan fingerprint density at radius 2 is 1.64 bits per heavy atom. The summed E-state index contributed by atoms with van der Waals surface area (Å²) in [5.74, 6) is 2.59. The quantitative estimate of drug-likeness (QED) is 0.731. The number of hydrogen-bond donors (Lipinski definition) is 0. The van der Waals surface area contributed by atoms with Gasteiger partial charge in [-0.2, -0.15) is 0 Å². The summed E-state index contributed by atoms with van der Waals surface area (Å²) in [6.45, 7) is 0. The molecule has 0 aromatic heterocycles. The summed E-state index contributed by atoms with van der Waals surface area (Å²) < 4.78 is 0. The molecule has 0 saturated heterocycles. The van der Waals surface area contributed by atoms with Gasteiger partial charge in [-0.1, -0.05) is 42.5 Å². The van der Waals surface area contributed by atoms with Crippen LogP contribution in [0.1, 0.15) is 37.7 Å². The van der Waals surface area contributed by atoms with Gasteiger partial charge in [0.05, 0.1) is 0 Å². The third kappa shape index (κ3) is 1.57. The molecule has 6 rings (SSSR count). The molecule has 3 unspecified atom stereocenters. The van der Waals surface area contributed by atoms with E-state index >= 15 is 0 Å². The van der Waals surface area contributed by atoms with Crippen LogP contribution in [-0.4, -0.2) is 6.29 Å². The predicted octanol–water partition coefficient (Wildman–Crippen LogP) is 4.73. The Hall–Kier alpha value is -1.63. The summed E-state index contributed by atoms with van der Waals surface area (Å²) in [5, 5.41) is 2.69. The highest BCUT2D eigenvalue weighted by Crippen LogP contribution is 2.63. The van der Waals surface area contributed by atoms with Gasteiger partial charge >= 0.3 is 0 Å². The molecule has 4 aliphatic rings. The molecule has 112 valence electrons. The van der Waals surface area contributed by atoms with E-state index in [-0.39, 0.29) is 11.3 Å². The molecule has 4 bridgehead atoms. The van der Waals surface area contributed by atoms with Crippen molar-refractivity contribution >= 4 is 17.1 Å². The molecule has 3 atom stereocenters. The summed E-state index contributed by atoms with van der Waals surface area (Å²) in [5.41, 5.74) is 1.58. The lowest BCUT2D eigenvalue weighted by molar-refractivity contribution is -0.126. The van der Waals surface area contributed by atoms with Crippen molar-refractivity contribution in [1.29, 1.82) is 0 Å². The number of carbonyl (C=O) groups is 1. The average Bonchev–Trinajstić information content (AvgIpc) is 2.53. The van der Waals surface area contributed by atoms with Gasteiger partial charge < -0.3 is 4.79 Å². The molecule has 4 saturated carbocycles. The number of hydrogen-bond acceptors (Lipinski definition) is 1. The zero-order valence-corrected chi connectivity index (χ0v) is 12.9. The van der Waals surface area contributed by atoms with Crippen molar-refractivity contribution in [3.63, 3.8) is 0 Å². The van der Waals surface area contributed by atoms with Crippen molar-refractivity contribution < 1.29 is 4.79 Å². The monoisotopic (exact) mass is 290 g/mol. The van der Waals surface area contributed by atoms with Crippen LogP contribution in [0.5, 0.6) is 0 Å². The van der Waals surface area contributed by atoms with Gasteiger partial charge in [-0.25, -0.2) is 0 Å². The van der Waals surface area contributed by atoms with Crippen molar-refractivity contribution in [2.45, 2.75) is 37.5 Å². The molecule has 4 fully saturated rings. The fraction of sp³-hybridized carbons (Fsp3) is 0.476. The van der Waals surface area contributed by atoms with Crippen molar-refractivity contribution in [2.75, 3.05) is 0 Å². The molecule has 0 spiro atoms. The molecular formula is C21H22O. The predicted molar refractivity (Wildman–Crippen MR) is 88.7 cm³/mol. The molecular weight excluding hydrogens is 268 g/mol. The molecule has 0 aliphatic heterocycles. The standard InChI is InChI=1S/C21H22O/c22-13-20-17-9-14-8-15(10-17)12-21(20,11-14)19-7-3-5-16-4-1-2-6-18(16)19/h1-7,13-15,17,20H,8-12H2. The number of carbonyl (C=O) groups excluding carboxylic acids is 1. The third-order valence-corrected chi connectivity index (χ3v) is 6.86. The fourth-order valence-corrected chi connectivity index (χ4v) is 6.38. The van der Waals surface area contributed by atoms with E-state index in [1.165, 1.54) is 54.7 Å². The topological polar surface area (TPSA) is 17.1 Å². The normalized spacial score (nSPS) is 39.3. The van der Waals surface area contributed by atoms with Crippen LogP contribution in [0.2, 0.25) is 0 Å². The maximum Gasteiger partial charge on any atom is 0.124 e. The second-order valence-corrected chi connectivity index (χ2v) is 7.95. The highest BCUT2D eigenvalue weighted by Gasteiger charge is 2.57. The molecule has 2 aromatic carbocycles. The van der Waals surface area contributed by atoms with Crippen LogP contribution in [0.25, 0.3) is 10.8 Å². The van der Waals surface area contributed by atoms with Gasteiger partial charge in [0.25, 0.3) is 0 Å². The zero-order chi connectivity index (χ0) is 14.7. The Kier molecular flexibility index (Phi) is 2.60. The van der Waals surface area contributed by atoms with Crippen LogP contribution < -0.4 is 0 Å². The number of benzene rings is 2. The molecule has 1 heteroatoms. The van der Waals surface area contributed by atoms with E-state index in [0.717, 1.165) is 11.8 Å². The van der Waals surface area contributed by atoms with Gasteiger partial charge in [0.1, 0.15) is 6.29 Å². The molecule has 4 aliphatic carbocycles. The lowest BCUT2D eigenvalue weighted by Gasteiger charge is -2.60. The number of aldehydes is 1. The van der Waals surface area contributed by atoms with Crippen LogP contribution in [0.15, 0.2) is 42.5 Å². The average molecular weight is 290 g/mol. The van der Waals surface area contributed by atoms with Crippen molar-refractivity contribution in [1.82, 2.24) is 0 Å². The summed E-state index contributed by atoms with van der Waals surface area (Å²) in [7, 11) is 0. The molecule has 0 heterocycles. The molecule has 1 nitrogen and oxygen atoms in total. The van der Waals surface area contributed by atoms with Gasteiger partial charge in [-0.05, 0) is 66.2 Å². The summed E-state index contributed by atoms with van der Waals surface area (Å²) in [4.78, 5) is 12.0. The zero-order valence-electron chi connectivity index (χ0n) is 12.9. The van der Waals surface area contributed by atoms with Crippen LogP contribution in [0.3, 0.4) is 0 Å². The SMILES string of the molecule is O=CC1C2CC3CC(C2)CC1(c1cccc2ccccc12)C3. The molecule has 2 aromatic rings. The first kappa shape index (κ1) is 12.9. The first-order chi connectivity index (χ1) is 10.8. The minimum absolute atomic E-state index is 0.122. The lowest BCUT2D eigenvalue weighted by Crippen LogP contribution is -2.55. The number of rotatable bonds is 2. The van der Waals surface area contributed by atoms with E-state index in [2.05, 4.69) is 42.5 Å². The third-order valence-electron chi connectivity index (χ3n) is 6.86. The fourth-order valence-electron chi connectivity index (χ4n) is 6.38. The van der Waals surface area contributed by atoms with Crippen LogP contribution in [0.4, 0.5) is 0 Å². The highest BCUT2D eigenvalue weighted by molar-refractivity contribution is 5.87. The van der Waals surface area contributed by atoms with E-state index in [9.17, 15) is 4.79 Å². The van der Waals surface area contributed by atoms with Gasteiger partial charge in [0.15, 0.2) is 0 Å². The highest BCUT2D eigenvalue weighted by atomic mass is 16.1. The molecule has 0 amide bonds. The number of fused-ring (bicyclic) bond motifs is 1. The van der Waals surface area contributed by atoms with Crippen LogP contribution in [-0.2, 0) is 10.2 Å². The van der Waals surface area contributed by atoms with Crippen LogP contribution >= 0.6 is 0 Å². The Morgan fingerprint density at radius 3 is 2.41 bits per heavy atom. The van der Waals surface area contributed by atoms with Crippen molar-refractivity contribution in [3.05, 3.63) is 48.0 Å². The van der Waals surface area contributed by atoms with Gasteiger partial charge in [0.2, 0.25) is 0 Å². The van der Waals surface area contributed by atoms with Gasteiger partial charge in [-0.15, -0.1) is 0 Å². The van der Waals surface area contributed by atoms with E-state index < -0.39 is 0 Å². The van der Waals surface area contributed by atoms with Crippen LogP contribution in [0, 0.1) is 23.7 Å². The van der Waals surface area contributed by atoms with E-state index in [1.54, 1.807) is 0 Å². The Bertz CT molecular complexity index is 727. The molecule has 22 heavy (non-hydrogen) atoms. The first-order valence-electron chi connectivity index (χ1n) is 8.74. The summed E-state index contributed by atoms with van der Waals surface area (Å²) >= 11 is 0. The molecule has 0 radical (unpaired) electrons. The van der Waals surface area contributed by atoms with E-state index in [4.69, 9.17) is 0 Å². The largest absolute Gasteiger partial charge is 0.303 e.